The molecule has 0 bridgehead atoms. The Kier molecular flexibility index (Phi) is 2.33. The van der Waals surface area contributed by atoms with Crippen LogP contribution in [0.2, 0.25) is 0 Å². The first-order chi connectivity index (χ1) is 6.06. The predicted molar refractivity (Wildman–Crippen MR) is 48.7 cm³/mol. The molecule has 2 heterocycles. The Labute approximate surface area is 79.0 Å². The van der Waals surface area contributed by atoms with Gasteiger partial charge in [0, 0.05) is 12.6 Å². The second kappa shape index (κ2) is 3.22. The van der Waals surface area contributed by atoms with Crippen LogP contribution in [0.25, 0.3) is 0 Å². The summed E-state index contributed by atoms with van der Waals surface area (Å²) < 4.78 is 26.9. The molecule has 76 valence electrons. The van der Waals surface area contributed by atoms with E-state index in [0.717, 1.165) is 25.6 Å². The maximum Gasteiger partial charge on any atom is 0.265 e. The van der Waals surface area contributed by atoms with Crippen LogP contribution in [0.3, 0.4) is 0 Å². The predicted octanol–water partition coefficient (Wildman–Crippen LogP) is 0.547. The van der Waals surface area contributed by atoms with Crippen molar-refractivity contribution in [3.63, 3.8) is 0 Å². The van der Waals surface area contributed by atoms with Crippen LogP contribution in [-0.2, 0) is 14.3 Å². The van der Waals surface area contributed by atoms with Crippen LogP contribution in [0, 0.1) is 0 Å². The van der Waals surface area contributed by atoms with Crippen molar-refractivity contribution in [1.82, 2.24) is 4.90 Å². The van der Waals surface area contributed by atoms with Crippen LogP contribution in [-0.4, -0.2) is 38.4 Å². The quantitative estimate of drug-likeness (QED) is 0.618. The molecule has 2 unspecified atom stereocenters. The minimum absolute atomic E-state index is 0.178. The largest absolute Gasteiger partial charge is 0.274 e. The molecule has 2 aliphatic rings. The Hall–Kier alpha value is -0.130. The molecule has 2 fully saturated rings. The highest BCUT2D eigenvalue weighted by Gasteiger charge is 2.38. The topological polar surface area (TPSA) is 46.6 Å². The van der Waals surface area contributed by atoms with Gasteiger partial charge in [0.05, 0.1) is 6.26 Å². The molecule has 2 saturated heterocycles. The summed E-state index contributed by atoms with van der Waals surface area (Å²) in [7, 11) is -3.29. The van der Waals surface area contributed by atoms with Gasteiger partial charge in [-0.05, 0) is 25.7 Å². The molecule has 0 radical (unpaired) electrons. The molecule has 0 aliphatic carbocycles. The van der Waals surface area contributed by atoms with Crippen LogP contribution in [0.15, 0.2) is 0 Å². The lowest BCUT2D eigenvalue weighted by atomic mass is 10.2. The number of fused-ring (bicyclic) bond motifs is 1. The maximum absolute atomic E-state index is 10.9. The summed E-state index contributed by atoms with van der Waals surface area (Å²) in [5.74, 6) is 0. The van der Waals surface area contributed by atoms with Crippen molar-refractivity contribution >= 4 is 10.1 Å². The molecular weight excluding hydrogens is 190 g/mol. The Bertz CT molecular complexity index is 288. The van der Waals surface area contributed by atoms with Gasteiger partial charge in [-0.1, -0.05) is 0 Å². The molecule has 5 heteroatoms. The van der Waals surface area contributed by atoms with Gasteiger partial charge < -0.3 is 0 Å². The number of hydrogen-bond acceptors (Lipinski definition) is 4. The summed E-state index contributed by atoms with van der Waals surface area (Å²) in [4.78, 5) is 2.18. The van der Waals surface area contributed by atoms with Crippen LogP contribution in [0.1, 0.15) is 25.7 Å². The third-order valence-electron chi connectivity index (χ3n) is 2.83. The SMILES string of the molecule is CS(=O)(=O)OC1CCC2CCCN21. The van der Waals surface area contributed by atoms with E-state index in [2.05, 4.69) is 4.90 Å². The lowest BCUT2D eigenvalue weighted by Gasteiger charge is -2.22. The fourth-order valence-corrected chi connectivity index (χ4v) is 2.96. The van der Waals surface area contributed by atoms with Gasteiger partial charge in [-0.25, -0.2) is 0 Å². The summed E-state index contributed by atoms with van der Waals surface area (Å²) in [6.45, 7) is 0.991. The molecule has 4 nitrogen and oxygen atoms in total. The Morgan fingerprint density at radius 1 is 1.31 bits per heavy atom. The normalized spacial score (nSPS) is 35.2. The van der Waals surface area contributed by atoms with E-state index in [1.165, 1.54) is 12.8 Å². The summed E-state index contributed by atoms with van der Waals surface area (Å²) in [6.07, 6.45) is 5.26. The Balaban J connectivity index is 2.01. The lowest BCUT2D eigenvalue weighted by Crippen LogP contribution is -2.34. The average Bonchev–Trinajstić information content (AvgIpc) is 2.50. The highest BCUT2D eigenvalue weighted by atomic mass is 32.2. The second-order valence-corrected chi connectivity index (χ2v) is 5.47. The van der Waals surface area contributed by atoms with E-state index in [1.807, 2.05) is 0 Å². The summed E-state index contributed by atoms with van der Waals surface area (Å²) in [6, 6.07) is 0.576. The van der Waals surface area contributed by atoms with Crippen LogP contribution in [0.5, 0.6) is 0 Å². The first kappa shape index (κ1) is 9.43. The van der Waals surface area contributed by atoms with Crippen molar-refractivity contribution in [3.8, 4) is 0 Å². The van der Waals surface area contributed by atoms with E-state index in [0.29, 0.717) is 6.04 Å². The zero-order valence-corrected chi connectivity index (χ0v) is 8.59. The van der Waals surface area contributed by atoms with Gasteiger partial charge in [-0.3, -0.25) is 9.08 Å². The molecule has 0 amide bonds. The molecule has 2 rings (SSSR count). The van der Waals surface area contributed by atoms with Crippen molar-refractivity contribution in [3.05, 3.63) is 0 Å². The van der Waals surface area contributed by atoms with Crippen molar-refractivity contribution in [2.75, 3.05) is 12.8 Å². The molecule has 0 aromatic carbocycles. The van der Waals surface area contributed by atoms with Crippen molar-refractivity contribution < 1.29 is 12.6 Å². The average molecular weight is 205 g/mol. The first-order valence-electron chi connectivity index (χ1n) is 4.70. The molecule has 0 N–H and O–H groups in total. The molecule has 13 heavy (non-hydrogen) atoms. The van der Waals surface area contributed by atoms with Crippen molar-refractivity contribution in [2.24, 2.45) is 0 Å². The Morgan fingerprint density at radius 2 is 2.08 bits per heavy atom. The molecule has 0 saturated carbocycles. The fourth-order valence-electron chi connectivity index (χ4n) is 2.35. The van der Waals surface area contributed by atoms with Crippen LogP contribution < -0.4 is 0 Å². The van der Waals surface area contributed by atoms with Crippen LogP contribution >= 0.6 is 0 Å². The zero-order chi connectivity index (χ0) is 9.47. The minimum Gasteiger partial charge on any atom is -0.274 e. The summed E-state index contributed by atoms with van der Waals surface area (Å²) in [5, 5.41) is 0. The molecule has 2 aliphatic heterocycles. The van der Waals surface area contributed by atoms with E-state index in [1.54, 1.807) is 0 Å². The van der Waals surface area contributed by atoms with Crippen molar-refractivity contribution in [2.45, 2.75) is 38.0 Å². The Morgan fingerprint density at radius 3 is 2.77 bits per heavy atom. The van der Waals surface area contributed by atoms with Crippen molar-refractivity contribution in [1.29, 1.82) is 0 Å². The third kappa shape index (κ3) is 2.03. The van der Waals surface area contributed by atoms with Gasteiger partial charge in [-0.2, -0.15) is 8.42 Å². The number of hydrogen-bond donors (Lipinski definition) is 0. The smallest absolute Gasteiger partial charge is 0.265 e. The first-order valence-corrected chi connectivity index (χ1v) is 6.52. The van der Waals surface area contributed by atoms with Gasteiger partial charge in [0.1, 0.15) is 6.23 Å². The lowest BCUT2D eigenvalue weighted by molar-refractivity contribution is 0.0650. The van der Waals surface area contributed by atoms with E-state index in [4.69, 9.17) is 4.18 Å². The van der Waals surface area contributed by atoms with E-state index >= 15 is 0 Å². The highest BCUT2D eigenvalue weighted by molar-refractivity contribution is 7.86. The number of rotatable bonds is 2. The monoisotopic (exact) mass is 205 g/mol. The zero-order valence-electron chi connectivity index (χ0n) is 7.77. The van der Waals surface area contributed by atoms with Gasteiger partial charge in [-0.15, -0.1) is 0 Å². The maximum atomic E-state index is 10.9. The molecule has 0 aromatic heterocycles. The standard InChI is InChI=1S/C8H15NO3S/c1-13(10,11)12-8-5-4-7-3-2-6-9(7)8/h7-8H,2-6H2,1H3. The summed E-state index contributed by atoms with van der Waals surface area (Å²) >= 11 is 0. The highest BCUT2D eigenvalue weighted by Crippen LogP contribution is 2.33. The minimum atomic E-state index is -3.29. The van der Waals surface area contributed by atoms with Gasteiger partial charge in [0.15, 0.2) is 0 Å². The second-order valence-electron chi connectivity index (χ2n) is 3.87. The number of nitrogens with zero attached hydrogens (tertiary/aromatic N) is 1. The molecule has 2 atom stereocenters. The fraction of sp³-hybridized carbons (Fsp3) is 1.00. The van der Waals surface area contributed by atoms with Gasteiger partial charge >= 0.3 is 0 Å². The molecule has 0 spiro atoms. The summed E-state index contributed by atoms with van der Waals surface area (Å²) in [5.41, 5.74) is 0. The van der Waals surface area contributed by atoms with E-state index < -0.39 is 10.1 Å². The third-order valence-corrected chi connectivity index (χ3v) is 3.40. The molecule has 0 aromatic rings. The van der Waals surface area contributed by atoms with Gasteiger partial charge in [0.25, 0.3) is 10.1 Å². The van der Waals surface area contributed by atoms with Crippen LogP contribution in [0.4, 0.5) is 0 Å². The van der Waals surface area contributed by atoms with E-state index in [-0.39, 0.29) is 6.23 Å². The van der Waals surface area contributed by atoms with E-state index in [9.17, 15) is 8.42 Å². The van der Waals surface area contributed by atoms with Gasteiger partial charge in [0.2, 0.25) is 0 Å². The molecular formula is C8H15NO3S.